The maximum Gasteiger partial charge on any atom is 0.244 e. The Kier molecular flexibility index (Phi) is 6.84. The number of hydrogen-bond acceptors (Lipinski definition) is 3. The number of nitrogens with one attached hydrogen (secondary N) is 1. The maximum atomic E-state index is 12.7. The predicted molar refractivity (Wildman–Crippen MR) is 99.8 cm³/mol. The van der Waals surface area contributed by atoms with Crippen LogP contribution in [0.25, 0.3) is 0 Å². The normalized spacial score (nSPS) is 14.3. The summed E-state index contributed by atoms with van der Waals surface area (Å²) in [7, 11) is -3.59. The van der Waals surface area contributed by atoms with E-state index in [1.165, 1.54) is 4.31 Å². The van der Waals surface area contributed by atoms with Gasteiger partial charge >= 0.3 is 0 Å². The van der Waals surface area contributed by atoms with E-state index in [1.54, 1.807) is 12.1 Å². The van der Waals surface area contributed by atoms with E-state index >= 15 is 0 Å². The number of carbonyl (C=O) groups excluding carboxylic acids is 1. The number of nitrogens with zero attached hydrogens (tertiary/aromatic N) is 1. The van der Waals surface area contributed by atoms with Crippen LogP contribution in [0.15, 0.2) is 18.2 Å². The Morgan fingerprint density at radius 2 is 1.62 bits per heavy atom. The molecule has 6 heteroatoms. The lowest BCUT2D eigenvalue weighted by atomic mass is 10.1. The van der Waals surface area contributed by atoms with Crippen LogP contribution in [0.2, 0.25) is 0 Å². The lowest BCUT2D eigenvalue weighted by Gasteiger charge is -2.32. The molecule has 0 radical (unpaired) electrons. The zero-order valence-electron chi connectivity index (χ0n) is 15.8. The Morgan fingerprint density at radius 1 is 1.12 bits per heavy atom. The predicted octanol–water partition coefficient (Wildman–Crippen LogP) is 3.01. The molecular formula is C18H30N2O3S. The highest BCUT2D eigenvalue weighted by atomic mass is 32.2. The third kappa shape index (κ3) is 5.23. The molecule has 1 aromatic carbocycles. The highest BCUT2D eigenvalue weighted by Gasteiger charge is 2.32. The molecule has 2 atom stereocenters. The average Bonchev–Trinajstić information content (AvgIpc) is 2.41. The van der Waals surface area contributed by atoms with Gasteiger partial charge in [0.05, 0.1) is 11.9 Å². The van der Waals surface area contributed by atoms with Crippen molar-refractivity contribution in [2.24, 2.45) is 5.92 Å². The van der Waals surface area contributed by atoms with Crippen molar-refractivity contribution >= 4 is 21.6 Å². The number of amides is 1. The molecule has 0 saturated carbocycles. The Bertz CT molecular complexity index is 663. The van der Waals surface area contributed by atoms with Crippen molar-refractivity contribution in [3.8, 4) is 0 Å². The molecule has 0 bridgehead atoms. The maximum absolute atomic E-state index is 12.7. The molecule has 0 aliphatic heterocycles. The summed E-state index contributed by atoms with van der Waals surface area (Å²) in [5.74, 6) is 0.0163. The second-order valence-corrected chi connectivity index (χ2v) is 8.73. The van der Waals surface area contributed by atoms with Gasteiger partial charge in [-0.3, -0.25) is 9.10 Å². The first-order valence-electron chi connectivity index (χ1n) is 8.35. The number of aryl methyl sites for hydroxylation is 2. The van der Waals surface area contributed by atoms with Gasteiger partial charge in [0, 0.05) is 6.04 Å². The highest BCUT2D eigenvalue weighted by molar-refractivity contribution is 7.92. The Balaban J connectivity index is 3.30. The molecule has 0 aliphatic carbocycles. The lowest BCUT2D eigenvalue weighted by molar-refractivity contribution is -0.123. The van der Waals surface area contributed by atoms with Crippen LogP contribution in [0.1, 0.15) is 45.2 Å². The molecule has 0 aliphatic rings. The molecule has 0 unspecified atom stereocenters. The van der Waals surface area contributed by atoms with Crippen molar-refractivity contribution in [1.82, 2.24) is 5.32 Å². The zero-order valence-corrected chi connectivity index (χ0v) is 16.6. The SMILES string of the molecule is CC[C@@H](C(=O)N[C@H](C)C(C)C)N(c1cc(C)cc(C)c1)S(C)(=O)=O. The molecule has 0 fully saturated rings. The lowest BCUT2D eigenvalue weighted by Crippen LogP contribution is -2.52. The number of hydrogen-bond donors (Lipinski definition) is 1. The molecular weight excluding hydrogens is 324 g/mol. The molecule has 1 aromatic rings. The number of sulfonamides is 1. The van der Waals surface area contributed by atoms with Gasteiger partial charge in [0.2, 0.25) is 15.9 Å². The van der Waals surface area contributed by atoms with E-state index in [4.69, 9.17) is 0 Å². The van der Waals surface area contributed by atoms with E-state index in [2.05, 4.69) is 5.32 Å². The van der Waals surface area contributed by atoms with Gasteiger partial charge in [-0.15, -0.1) is 0 Å². The highest BCUT2D eigenvalue weighted by Crippen LogP contribution is 2.25. The van der Waals surface area contributed by atoms with Gasteiger partial charge in [-0.2, -0.15) is 0 Å². The summed E-state index contributed by atoms with van der Waals surface area (Å²) in [5.41, 5.74) is 2.46. The minimum atomic E-state index is -3.59. The van der Waals surface area contributed by atoms with Crippen molar-refractivity contribution < 1.29 is 13.2 Å². The van der Waals surface area contributed by atoms with Crippen molar-refractivity contribution in [3.63, 3.8) is 0 Å². The van der Waals surface area contributed by atoms with Crippen LogP contribution in [-0.2, 0) is 14.8 Å². The molecule has 0 saturated heterocycles. The monoisotopic (exact) mass is 354 g/mol. The van der Waals surface area contributed by atoms with Gasteiger partial charge in [0.25, 0.3) is 0 Å². The van der Waals surface area contributed by atoms with Crippen LogP contribution in [0, 0.1) is 19.8 Å². The third-order valence-electron chi connectivity index (χ3n) is 4.16. The first kappa shape index (κ1) is 20.5. The van der Waals surface area contributed by atoms with E-state index in [0.29, 0.717) is 12.1 Å². The van der Waals surface area contributed by atoms with Gasteiger partial charge in [0.15, 0.2) is 0 Å². The second kappa shape index (κ2) is 8.01. The Morgan fingerprint density at radius 3 is 2.00 bits per heavy atom. The smallest absolute Gasteiger partial charge is 0.244 e. The summed E-state index contributed by atoms with van der Waals surface area (Å²) in [6.45, 7) is 11.6. The van der Waals surface area contributed by atoms with Gasteiger partial charge in [-0.25, -0.2) is 8.42 Å². The van der Waals surface area contributed by atoms with Crippen molar-refractivity contribution in [2.75, 3.05) is 10.6 Å². The molecule has 0 heterocycles. The topological polar surface area (TPSA) is 66.5 Å². The number of carbonyl (C=O) groups is 1. The van der Waals surface area contributed by atoms with Gasteiger partial charge < -0.3 is 5.32 Å². The van der Waals surface area contributed by atoms with E-state index in [9.17, 15) is 13.2 Å². The van der Waals surface area contributed by atoms with E-state index in [1.807, 2.05) is 47.6 Å². The van der Waals surface area contributed by atoms with E-state index in [0.717, 1.165) is 17.4 Å². The molecule has 0 spiro atoms. The van der Waals surface area contributed by atoms with Crippen LogP contribution >= 0.6 is 0 Å². The summed E-state index contributed by atoms with van der Waals surface area (Å²) < 4.78 is 26.1. The molecule has 1 N–H and O–H groups in total. The fourth-order valence-electron chi connectivity index (χ4n) is 2.63. The van der Waals surface area contributed by atoms with Crippen molar-refractivity contribution in [2.45, 2.75) is 60.0 Å². The van der Waals surface area contributed by atoms with Gasteiger partial charge in [0.1, 0.15) is 6.04 Å². The zero-order chi connectivity index (χ0) is 18.7. The molecule has 5 nitrogen and oxygen atoms in total. The van der Waals surface area contributed by atoms with Crippen LogP contribution in [0.5, 0.6) is 0 Å². The van der Waals surface area contributed by atoms with Crippen molar-refractivity contribution in [3.05, 3.63) is 29.3 Å². The quantitative estimate of drug-likeness (QED) is 0.818. The van der Waals surface area contributed by atoms with E-state index in [-0.39, 0.29) is 17.9 Å². The second-order valence-electron chi connectivity index (χ2n) is 6.87. The summed E-state index contributed by atoms with van der Waals surface area (Å²) in [5, 5.41) is 2.94. The minimum Gasteiger partial charge on any atom is -0.352 e. The van der Waals surface area contributed by atoms with Crippen LogP contribution < -0.4 is 9.62 Å². The standard InChI is InChI=1S/C18H30N2O3S/c1-8-17(18(21)19-15(6)12(2)3)20(24(7,22)23)16-10-13(4)9-14(5)11-16/h9-12,15,17H,8H2,1-7H3,(H,19,21)/t15-,17+/m1/s1. The molecule has 1 rings (SSSR count). The number of rotatable bonds is 7. The fourth-order valence-corrected chi connectivity index (χ4v) is 3.82. The average molecular weight is 355 g/mol. The van der Waals surface area contributed by atoms with Crippen LogP contribution in [-0.4, -0.2) is 32.7 Å². The molecule has 0 aromatic heterocycles. The molecule has 1 amide bonds. The summed E-state index contributed by atoms with van der Waals surface area (Å²) in [6.07, 6.45) is 1.54. The Hall–Kier alpha value is -1.56. The number of benzene rings is 1. The largest absolute Gasteiger partial charge is 0.352 e. The molecule has 24 heavy (non-hydrogen) atoms. The summed E-state index contributed by atoms with van der Waals surface area (Å²) >= 11 is 0. The summed E-state index contributed by atoms with van der Waals surface area (Å²) in [4.78, 5) is 12.7. The molecule has 136 valence electrons. The van der Waals surface area contributed by atoms with Crippen LogP contribution in [0.3, 0.4) is 0 Å². The first-order chi connectivity index (χ1) is 11.0. The first-order valence-corrected chi connectivity index (χ1v) is 10.2. The summed E-state index contributed by atoms with van der Waals surface area (Å²) in [6, 6.07) is 4.80. The fraction of sp³-hybridized carbons (Fsp3) is 0.611. The Labute approximate surface area is 146 Å². The van der Waals surface area contributed by atoms with Crippen LogP contribution in [0.4, 0.5) is 5.69 Å². The van der Waals surface area contributed by atoms with E-state index < -0.39 is 16.1 Å². The minimum absolute atomic E-state index is 0.0211. The van der Waals surface area contributed by atoms with Gasteiger partial charge in [-0.1, -0.05) is 26.8 Å². The third-order valence-corrected chi connectivity index (χ3v) is 5.34. The van der Waals surface area contributed by atoms with Gasteiger partial charge in [-0.05, 0) is 56.4 Å². The number of anilines is 1. The van der Waals surface area contributed by atoms with Crippen molar-refractivity contribution in [1.29, 1.82) is 0 Å².